The van der Waals surface area contributed by atoms with Crippen LogP contribution in [-0.4, -0.2) is 17.0 Å². The van der Waals surface area contributed by atoms with E-state index in [9.17, 15) is 0 Å². The second kappa shape index (κ2) is 5.88. The number of rotatable bonds is 2. The second-order valence-electron chi connectivity index (χ2n) is 5.77. The summed E-state index contributed by atoms with van der Waals surface area (Å²) in [5, 5.41) is 7.04. The molecule has 2 aliphatic rings. The predicted octanol–water partition coefficient (Wildman–Crippen LogP) is 4.23. The van der Waals surface area contributed by atoms with Gasteiger partial charge in [-0.2, -0.15) is 0 Å². The van der Waals surface area contributed by atoms with Gasteiger partial charge in [-0.25, -0.2) is 0 Å². The molecule has 0 saturated carbocycles. The Morgan fingerprint density at radius 3 is 3.11 bits per heavy atom. The molecule has 1 aliphatic carbocycles. The van der Waals surface area contributed by atoms with Crippen molar-refractivity contribution in [2.45, 2.75) is 51.6 Å². The Morgan fingerprint density at radius 1 is 1.37 bits per heavy atom. The van der Waals surface area contributed by atoms with Crippen LogP contribution in [0.5, 0.6) is 0 Å². The number of hydrogen-bond acceptors (Lipinski definition) is 3. The fourth-order valence-electron chi connectivity index (χ4n) is 2.87. The molecule has 2 atom stereocenters. The number of amidine groups is 1. The van der Waals surface area contributed by atoms with Crippen LogP contribution >= 0.6 is 23.1 Å². The zero-order valence-corrected chi connectivity index (χ0v) is 13.3. The van der Waals surface area contributed by atoms with E-state index in [-0.39, 0.29) is 0 Å². The molecule has 1 fully saturated rings. The van der Waals surface area contributed by atoms with Gasteiger partial charge in [0.2, 0.25) is 0 Å². The molecule has 1 aliphatic heterocycles. The van der Waals surface area contributed by atoms with Crippen molar-refractivity contribution in [2.24, 2.45) is 10.9 Å². The highest BCUT2D eigenvalue weighted by molar-refractivity contribution is 8.13. The maximum absolute atomic E-state index is 5.02. The molecule has 2 heterocycles. The van der Waals surface area contributed by atoms with Crippen molar-refractivity contribution < 1.29 is 0 Å². The normalized spacial score (nSPS) is 29.3. The SMILES string of the molecule is CC(C)C1CCSC(=NC2CCCc3sccc32)N1. The van der Waals surface area contributed by atoms with Gasteiger partial charge in [0.1, 0.15) is 0 Å². The van der Waals surface area contributed by atoms with E-state index < -0.39 is 0 Å². The summed E-state index contributed by atoms with van der Waals surface area (Å²) in [6.07, 6.45) is 5.01. The van der Waals surface area contributed by atoms with E-state index in [0.717, 1.165) is 0 Å². The topological polar surface area (TPSA) is 24.4 Å². The van der Waals surface area contributed by atoms with Gasteiger partial charge in [-0.15, -0.1) is 11.3 Å². The minimum absolute atomic E-state index is 0.399. The van der Waals surface area contributed by atoms with Gasteiger partial charge in [0.15, 0.2) is 5.17 Å². The number of aliphatic imine (C=N–C) groups is 1. The summed E-state index contributed by atoms with van der Waals surface area (Å²) in [6, 6.07) is 3.28. The average Bonchev–Trinajstić information content (AvgIpc) is 2.88. The highest BCUT2D eigenvalue weighted by Crippen LogP contribution is 2.36. The van der Waals surface area contributed by atoms with Crippen molar-refractivity contribution in [3.05, 3.63) is 21.9 Å². The van der Waals surface area contributed by atoms with Crippen molar-refractivity contribution in [1.82, 2.24) is 5.32 Å². The Morgan fingerprint density at radius 2 is 2.26 bits per heavy atom. The largest absolute Gasteiger partial charge is 0.362 e. The zero-order chi connectivity index (χ0) is 13.2. The lowest BCUT2D eigenvalue weighted by molar-refractivity contribution is 0.441. The van der Waals surface area contributed by atoms with E-state index in [1.807, 2.05) is 23.1 Å². The standard InChI is InChI=1S/C15H22N2S2/c1-10(2)12-7-9-19-15(16-12)17-13-4-3-5-14-11(13)6-8-18-14/h6,8,10,12-13H,3-5,7,9H2,1-2H3,(H,16,17). The molecule has 0 bridgehead atoms. The Labute approximate surface area is 124 Å². The lowest BCUT2D eigenvalue weighted by atomic mass is 9.95. The molecule has 1 aromatic rings. The Hall–Kier alpha value is -0.480. The van der Waals surface area contributed by atoms with Crippen LogP contribution < -0.4 is 5.32 Å². The van der Waals surface area contributed by atoms with Crippen LogP contribution in [0.15, 0.2) is 16.4 Å². The molecule has 1 aromatic heterocycles. The fourth-order valence-corrected chi connectivity index (χ4v) is 4.85. The summed E-state index contributed by atoms with van der Waals surface area (Å²) < 4.78 is 0. The van der Waals surface area contributed by atoms with E-state index in [2.05, 4.69) is 30.6 Å². The van der Waals surface area contributed by atoms with Crippen LogP contribution in [0, 0.1) is 5.92 Å². The van der Waals surface area contributed by atoms with Gasteiger partial charge in [-0.3, -0.25) is 4.99 Å². The first-order valence-electron chi connectivity index (χ1n) is 7.27. The van der Waals surface area contributed by atoms with Gasteiger partial charge < -0.3 is 5.32 Å². The van der Waals surface area contributed by atoms with Crippen LogP contribution in [0.1, 0.15) is 49.6 Å². The van der Waals surface area contributed by atoms with Crippen molar-refractivity contribution in [2.75, 3.05) is 5.75 Å². The van der Waals surface area contributed by atoms with Gasteiger partial charge in [0.05, 0.1) is 6.04 Å². The lowest BCUT2D eigenvalue weighted by Gasteiger charge is -2.29. The van der Waals surface area contributed by atoms with E-state index in [0.29, 0.717) is 18.0 Å². The number of nitrogens with one attached hydrogen (secondary N) is 1. The van der Waals surface area contributed by atoms with Gasteiger partial charge in [-0.1, -0.05) is 25.6 Å². The first kappa shape index (κ1) is 13.5. The smallest absolute Gasteiger partial charge is 0.157 e. The highest BCUT2D eigenvalue weighted by atomic mass is 32.2. The zero-order valence-electron chi connectivity index (χ0n) is 11.7. The van der Waals surface area contributed by atoms with Crippen molar-refractivity contribution in [3.8, 4) is 0 Å². The monoisotopic (exact) mass is 294 g/mol. The number of thiophene rings is 1. The van der Waals surface area contributed by atoms with Crippen LogP contribution in [0.4, 0.5) is 0 Å². The summed E-state index contributed by atoms with van der Waals surface area (Å²) in [5.74, 6) is 1.90. The minimum Gasteiger partial charge on any atom is -0.362 e. The summed E-state index contributed by atoms with van der Waals surface area (Å²) in [5.41, 5.74) is 1.48. The molecule has 0 aromatic carbocycles. The van der Waals surface area contributed by atoms with Gasteiger partial charge in [0.25, 0.3) is 0 Å². The van der Waals surface area contributed by atoms with E-state index in [1.54, 1.807) is 4.88 Å². The Bertz CT molecular complexity index is 464. The molecule has 1 saturated heterocycles. The molecule has 1 N–H and O–H groups in total. The first-order chi connectivity index (χ1) is 9.24. The molecular formula is C15H22N2S2. The third kappa shape index (κ3) is 3.00. The number of nitrogens with zero attached hydrogens (tertiary/aromatic N) is 1. The summed E-state index contributed by atoms with van der Waals surface area (Å²) in [7, 11) is 0. The maximum Gasteiger partial charge on any atom is 0.157 e. The Kier molecular flexibility index (Phi) is 4.18. The van der Waals surface area contributed by atoms with Crippen LogP contribution in [-0.2, 0) is 6.42 Å². The molecule has 104 valence electrons. The second-order valence-corrected chi connectivity index (χ2v) is 7.86. The molecular weight excluding hydrogens is 272 g/mol. The quantitative estimate of drug-likeness (QED) is 0.882. The highest BCUT2D eigenvalue weighted by Gasteiger charge is 2.24. The van der Waals surface area contributed by atoms with E-state index in [1.165, 1.54) is 42.2 Å². The van der Waals surface area contributed by atoms with Crippen molar-refractivity contribution in [3.63, 3.8) is 0 Å². The molecule has 3 rings (SSSR count). The summed E-state index contributed by atoms with van der Waals surface area (Å²) in [4.78, 5) is 6.57. The third-order valence-electron chi connectivity index (χ3n) is 4.07. The summed E-state index contributed by atoms with van der Waals surface area (Å²) in [6.45, 7) is 4.59. The number of fused-ring (bicyclic) bond motifs is 1. The first-order valence-corrected chi connectivity index (χ1v) is 9.14. The van der Waals surface area contributed by atoms with Crippen LogP contribution in [0.3, 0.4) is 0 Å². The third-order valence-corrected chi connectivity index (χ3v) is 6.01. The lowest BCUT2D eigenvalue weighted by Crippen LogP contribution is -2.41. The van der Waals surface area contributed by atoms with E-state index >= 15 is 0 Å². The molecule has 19 heavy (non-hydrogen) atoms. The molecule has 0 amide bonds. The predicted molar refractivity (Wildman–Crippen MR) is 86.3 cm³/mol. The average molecular weight is 294 g/mol. The Balaban J connectivity index is 1.76. The van der Waals surface area contributed by atoms with E-state index in [4.69, 9.17) is 4.99 Å². The van der Waals surface area contributed by atoms with Gasteiger partial charge >= 0.3 is 0 Å². The molecule has 2 unspecified atom stereocenters. The molecule has 0 radical (unpaired) electrons. The fraction of sp³-hybridized carbons (Fsp3) is 0.667. The van der Waals surface area contributed by atoms with Gasteiger partial charge in [-0.05, 0) is 48.6 Å². The molecule has 4 heteroatoms. The molecule has 2 nitrogen and oxygen atoms in total. The number of thioether (sulfide) groups is 1. The van der Waals surface area contributed by atoms with Crippen LogP contribution in [0.25, 0.3) is 0 Å². The van der Waals surface area contributed by atoms with Gasteiger partial charge in [0, 0.05) is 16.7 Å². The summed E-state index contributed by atoms with van der Waals surface area (Å²) >= 11 is 3.80. The van der Waals surface area contributed by atoms with Crippen molar-refractivity contribution >= 4 is 28.3 Å². The minimum atomic E-state index is 0.399. The maximum atomic E-state index is 5.02. The number of hydrogen-bond donors (Lipinski definition) is 1. The molecule has 0 spiro atoms. The van der Waals surface area contributed by atoms with Crippen molar-refractivity contribution in [1.29, 1.82) is 0 Å². The number of aryl methyl sites for hydroxylation is 1. The van der Waals surface area contributed by atoms with Crippen LogP contribution in [0.2, 0.25) is 0 Å².